The number of anilines is 3. The normalized spacial score (nSPS) is 17.4. The minimum atomic E-state index is 0.00591. The van der Waals surface area contributed by atoms with Crippen LogP contribution in [0.2, 0.25) is 0 Å². The van der Waals surface area contributed by atoms with Crippen molar-refractivity contribution < 1.29 is 4.42 Å². The molecule has 0 spiro atoms. The summed E-state index contributed by atoms with van der Waals surface area (Å²) in [5, 5.41) is 3.74. The number of hydrogen-bond donors (Lipinski definition) is 0. The van der Waals surface area contributed by atoms with Crippen LogP contribution in [-0.2, 0) is 11.8 Å². The molecule has 0 amide bonds. The van der Waals surface area contributed by atoms with Crippen LogP contribution in [0.25, 0.3) is 61.2 Å². The van der Waals surface area contributed by atoms with Gasteiger partial charge in [-0.2, -0.15) is 0 Å². The lowest BCUT2D eigenvalue weighted by Gasteiger charge is -2.29. The monoisotopic (exact) mass is 721 g/mol. The van der Waals surface area contributed by atoms with Crippen molar-refractivity contribution in [3.8, 4) is 33.4 Å². The predicted octanol–water partition coefficient (Wildman–Crippen LogP) is 15.0. The van der Waals surface area contributed by atoms with Crippen LogP contribution in [0.3, 0.4) is 0 Å². The molecule has 2 aliphatic carbocycles. The number of rotatable bonds is 7. The molecular formula is C54H43NO. The van der Waals surface area contributed by atoms with Crippen molar-refractivity contribution in [2.45, 2.75) is 32.1 Å². The highest BCUT2D eigenvalue weighted by Crippen LogP contribution is 2.44. The van der Waals surface area contributed by atoms with E-state index in [4.69, 9.17) is 4.42 Å². The van der Waals surface area contributed by atoms with Gasteiger partial charge in [-0.3, -0.25) is 0 Å². The smallest absolute Gasteiger partial charge is 0.135 e. The minimum Gasteiger partial charge on any atom is -0.456 e. The Morgan fingerprint density at radius 3 is 2.00 bits per heavy atom. The van der Waals surface area contributed by atoms with Gasteiger partial charge >= 0.3 is 0 Å². The molecule has 0 bridgehead atoms. The number of nitrogens with zero attached hydrogens (tertiary/aromatic N) is 1. The van der Waals surface area contributed by atoms with Crippen molar-refractivity contribution in [3.05, 3.63) is 205 Å². The Bertz CT molecular complexity index is 2800. The highest BCUT2D eigenvalue weighted by Gasteiger charge is 2.24. The van der Waals surface area contributed by atoms with E-state index in [2.05, 4.69) is 213 Å². The molecule has 2 heteroatoms. The molecule has 2 aliphatic rings. The molecule has 8 aromatic rings. The van der Waals surface area contributed by atoms with Gasteiger partial charge in [0.1, 0.15) is 11.3 Å². The van der Waals surface area contributed by atoms with Gasteiger partial charge in [-0.15, -0.1) is 0 Å². The molecule has 0 aliphatic heterocycles. The van der Waals surface area contributed by atoms with Gasteiger partial charge in [0.25, 0.3) is 0 Å². The quantitative estimate of drug-likeness (QED) is 0.163. The van der Waals surface area contributed by atoms with E-state index in [0.29, 0.717) is 5.92 Å². The topological polar surface area (TPSA) is 16.4 Å². The Kier molecular flexibility index (Phi) is 8.41. The van der Waals surface area contributed by atoms with E-state index in [1.165, 1.54) is 60.7 Å². The summed E-state index contributed by atoms with van der Waals surface area (Å²) in [6.07, 6.45) is 15.3. The average molecular weight is 722 g/mol. The summed E-state index contributed by atoms with van der Waals surface area (Å²) in [5.41, 5.74) is 14.1. The molecule has 0 saturated carbocycles. The average Bonchev–Trinajstić information content (AvgIpc) is 3.63. The van der Waals surface area contributed by atoms with E-state index in [-0.39, 0.29) is 5.41 Å². The fraction of sp³-hybridized carbons (Fsp3) is 0.111. The van der Waals surface area contributed by atoms with Crippen molar-refractivity contribution in [1.29, 1.82) is 0 Å². The van der Waals surface area contributed by atoms with Crippen LogP contribution < -0.4 is 4.90 Å². The van der Waals surface area contributed by atoms with Gasteiger partial charge in [0.2, 0.25) is 0 Å². The summed E-state index contributed by atoms with van der Waals surface area (Å²) in [4.78, 5) is 2.40. The number of benzene rings is 7. The van der Waals surface area contributed by atoms with Crippen molar-refractivity contribution in [2.75, 3.05) is 4.90 Å². The fourth-order valence-electron chi connectivity index (χ4n) is 8.71. The van der Waals surface area contributed by atoms with Gasteiger partial charge in [-0.25, -0.2) is 0 Å². The Morgan fingerprint density at radius 1 is 0.625 bits per heavy atom. The Morgan fingerprint density at radius 2 is 1.27 bits per heavy atom. The van der Waals surface area contributed by atoms with E-state index >= 15 is 0 Å². The zero-order valence-electron chi connectivity index (χ0n) is 31.8. The summed E-state index contributed by atoms with van der Waals surface area (Å²) in [5.74, 6) is 1.50. The lowest BCUT2D eigenvalue weighted by Crippen LogP contribution is -2.19. The highest BCUT2D eigenvalue weighted by atomic mass is 16.3. The molecule has 1 aromatic heterocycles. The van der Waals surface area contributed by atoms with E-state index < -0.39 is 0 Å². The molecule has 270 valence electrons. The molecule has 56 heavy (non-hydrogen) atoms. The molecule has 2 unspecified atom stereocenters. The number of allylic oxidation sites excluding steroid dienone is 5. The lowest BCUT2D eigenvalue weighted by atomic mass is 9.77. The number of fused-ring (bicyclic) bond motifs is 5. The van der Waals surface area contributed by atoms with Crippen molar-refractivity contribution in [3.63, 3.8) is 0 Å². The number of furan rings is 1. The lowest BCUT2D eigenvalue weighted by molar-refractivity contribution is 0.584. The van der Waals surface area contributed by atoms with Crippen LogP contribution in [0.1, 0.15) is 37.2 Å². The molecule has 1 heterocycles. The molecule has 0 fully saturated rings. The highest BCUT2D eigenvalue weighted by molar-refractivity contribution is 6.10. The van der Waals surface area contributed by atoms with E-state index in [9.17, 15) is 0 Å². The largest absolute Gasteiger partial charge is 0.456 e. The SMILES string of the molecule is CC1C=Cc2oc3ccc4ccc(-c5ccc(N(c6ccc(-c7ccccc7)cc6)c6ccccc6-c6ccc(C7(C)C=CC=CC7)cc6)cc5)cc4c3c2C1. The first kappa shape index (κ1) is 33.9. The predicted molar refractivity (Wildman–Crippen MR) is 237 cm³/mol. The second-order valence-corrected chi connectivity index (χ2v) is 15.7. The third-order valence-electron chi connectivity index (χ3n) is 11.8. The summed E-state index contributed by atoms with van der Waals surface area (Å²) >= 11 is 0. The second-order valence-electron chi connectivity index (χ2n) is 15.7. The van der Waals surface area contributed by atoms with Crippen LogP contribution in [0, 0.1) is 5.92 Å². The van der Waals surface area contributed by atoms with Gasteiger partial charge in [-0.05, 0) is 111 Å². The third-order valence-corrected chi connectivity index (χ3v) is 11.8. The fourth-order valence-corrected chi connectivity index (χ4v) is 8.71. The van der Waals surface area contributed by atoms with E-state index in [1.54, 1.807) is 0 Å². The first-order valence-corrected chi connectivity index (χ1v) is 19.8. The first-order chi connectivity index (χ1) is 27.5. The molecule has 10 rings (SSSR count). The molecule has 0 radical (unpaired) electrons. The Hall–Kier alpha value is -6.64. The zero-order valence-corrected chi connectivity index (χ0v) is 31.8. The number of hydrogen-bond acceptors (Lipinski definition) is 2. The van der Waals surface area contributed by atoms with Crippen LogP contribution in [0.5, 0.6) is 0 Å². The summed E-state index contributed by atoms with van der Waals surface area (Å²) in [7, 11) is 0. The standard InChI is InChI=1S/C54H43NO/c1-37-15-31-51-49(35-37)53-48-36-43(17-16-42(48)24-32-52(53)56-51)40-22-29-46(30-23-40)55(45-27-20-39(21-28-45)38-11-5-3-6-12-38)50-14-8-7-13-47(50)41-18-25-44(26-19-41)54(2)33-9-4-10-34-54/h3-33,36-37H,34-35H2,1-2H3. The van der Waals surface area contributed by atoms with Crippen LogP contribution in [-0.4, -0.2) is 0 Å². The van der Waals surface area contributed by atoms with Crippen molar-refractivity contribution >= 4 is 44.9 Å². The molecule has 2 nitrogen and oxygen atoms in total. The minimum absolute atomic E-state index is 0.00591. The van der Waals surface area contributed by atoms with Gasteiger partial charge in [0.05, 0.1) is 5.69 Å². The molecule has 2 atom stereocenters. The van der Waals surface area contributed by atoms with Gasteiger partial charge in [0.15, 0.2) is 0 Å². The van der Waals surface area contributed by atoms with Crippen molar-refractivity contribution in [2.24, 2.45) is 5.92 Å². The Balaban J connectivity index is 1.05. The number of para-hydroxylation sites is 1. The van der Waals surface area contributed by atoms with Crippen molar-refractivity contribution in [1.82, 2.24) is 0 Å². The maximum Gasteiger partial charge on any atom is 0.135 e. The van der Waals surface area contributed by atoms with E-state index in [0.717, 1.165) is 41.2 Å². The summed E-state index contributed by atoms with van der Waals surface area (Å²) in [6, 6.07) is 57.7. The summed E-state index contributed by atoms with van der Waals surface area (Å²) < 4.78 is 6.33. The van der Waals surface area contributed by atoms with Crippen LogP contribution >= 0.6 is 0 Å². The second kappa shape index (κ2) is 13.9. The first-order valence-electron chi connectivity index (χ1n) is 19.8. The maximum absolute atomic E-state index is 6.33. The third kappa shape index (κ3) is 6.08. The van der Waals surface area contributed by atoms with Crippen LogP contribution in [0.4, 0.5) is 17.1 Å². The molecule has 7 aromatic carbocycles. The maximum atomic E-state index is 6.33. The van der Waals surface area contributed by atoms with Gasteiger partial charge < -0.3 is 9.32 Å². The molecule has 0 saturated heterocycles. The zero-order chi connectivity index (χ0) is 37.6. The van der Waals surface area contributed by atoms with Gasteiger partial charge in [0, 0.05) is 33.3 Å². The summed E-state index contributed by atoms with van der Waals surface area (Å²) in [6.45, 7) is 4.60. The van der Waals surface area contributed by atoms with E-state index in [1.807, 2.05) is 0 Å². The molecule has 0 N–H and O–H groups in total. The van der Waals surface area contributed by atoms with Crippen LogP contribution in [0.15, 0.2) is 193 Å². The Labute approximate surface area is 329 Å². The van der Waals surface area contributed by atoms with Gasteiger partial charge in [-0.1, -0.05) is 159 Å². The molecular weight excluding hydrogens is 679 g/mol.